The number of nitrogens with two attached hydrogens (primary N) is 1. The Morgan fingerprint density at radius 1 is 1.35 bits per heavy atom. The number of nitrogens with one attached hydrogen (secondary N) is 1. The van der Waals surface area contributed by atoms with E-state index in [0.29, 0.717) is 23.2 Å². The summed E-state index contributed by atoms with van der Waals surface area (Å²) in [5, 5.41) is 2.68. The van der Waals surface area contributed by atoms with E-state index < -0.39 is 6.04 Å². The Hall–Kier alpha value is -2.40. The zero-order valence-corrected chi connectivity index (χ0v) is 14.2. The van der Waals surface area contributed by atoms with E-state index in [9.17, 15) is 4.79 Å². The molecule has 5 nitrogen and oxygen atoms in total. The minimum absolute atomic E-state index is 0.245. The third kappa shape index (κ3) is 6.48. The van der Waals surface area contributed by atoms with Crippen LogP contribution < -0.4 is 15.8 Å². The molecular weight excluding hydrogens is 290 g/mol. The van der Waals surface area contributed by atoms with Crippen LogP contribution in [0.4, 0.5) is 0 Å². The van der Waals surface area contributed by atoms with E-state index >= 15 is 0 Å². The number of nitrogens with zero attached hydrogens (tertiary/aromatic N) is 1. The standard InChI is InChI=1S/C18H25N3O2/c1-12(2)15-7-6-8-16(11-15)23-17(20-5)10-9-13(3)21-18(22)14(4)19/h6-12,14H,5,19H2,1-4H3,(H,21,22). The lowest BCUT2D eigenvalue weighted by atomic mass is 10.0. The highest BCUT2D eigenvalue weighted by atomic mass is 16.5. The van der Waals surface area contributed by atoms with Crippen LogP contribution in [-0.2, 0) is 4.79 Å². The number of amides is 1. The Kier molecular flexibility index (Phi) is 7.22. The van der Waals surface area contributed by atoms with Gasteiger partial charge in [-0.15, -0.1) is 0 Å². The minimum Gasteiger partial charge on any atom is -0.439 e. The van der Waals surface area contributed by atoms with Gasteiger partial charge in [0, 0.05) is 11.8 Å². The zero-order valence-electron chi connectivity index (χ0n) is 14.2. The van der Waals surface area contributed by atoms with Crippen LogP contribution in [0, 0.1) is 0 Å². The highest BCUT2D eigenvalue weighted by Crippen LogP contribution is 2.21. The highest BCUT2D eigenvalue weighted by Gasteiger charge is 2.06. The molecule has 1 amide bonds. The summed E-state index contributed by atoms with van der Waals surface area (Å²) in [5.41, 5.74) is 7.33. The largest absolute Gasteiger partial charge is 0.439 e. The summed E-state index contributed by atoms with van der Waals surface area (Å²) in [6.45, 7) is 11.1. The van der Waals surface area contributed by atoms with Crippen LogP contribution in [0.2, 0.25) is 0 Å². The molecule has 0 heterocycles. The maximum atomic E-state index is 11.5. The van der Waals surface area contributed by atoms with Crippen LogP contribution in [0.25, 0.3) is 0 Å². The van der Waals surface area contributed by atoms with Gasteiger partial charge in [-0.2, -0.15) is 0 Å². The van der Waals surface area contributed by atoms with Gasteiger partial charge < -0.3 is 15.8 Å². The molecule has 1 aromatic carbocycles. The van der Waals surface area contributed by atoms with Crippen LogP contribution in [0.5, 0.6) is 5.75 Å². The van der Waals surface area contributed by atoms with E-state index in [2.05, 4.69) is 36.9 Å². The van der Waals surface area contributed by atoms with E-state index in [-0.39, 0.29) is 5.91 Å². The Labute approximate surface area is 137 Å². The predicted octanol–water partition coefficient (Wildman–Crippen LogP) is 3.10. The second kappa shape index (κ2) is 8.90. The number of benzene rings is 1. The topological polar surface area (TPSA) is 76.7 Å². The number of carbonyl (C=O) groups excluding carboxylic acids is 1. The van der Waals surface area contributed by atoms with Gasteiger partial charge in [-0.3, -0.25) is 4.79 Å². The van der Waals surface area contributed by atoms with Gasteiger partial charge >= 0.3 is 0 Å². The lowest BCUT2D eigenvalue weighted by molar-refractivity contribution is -0.121. The van der Waals surface area contributed by atoms with Crippen molar-refractivity contribution in [3.8, 4) is 5.75 Å². The molecule has 0 bridgehead atoms. The maximum absolute atomic E-state index is 11.5. The lowest BCUT2D eigenvalue weighted by Crippen LogP contribution is -2.37. The fourth-order valence-corrected chi connectivity index (χ4v) is 1.72. The number of hydrogen-bond acceptors (Lipinski definition) is 4. The molecule has 1 atom stereocenters. The van der Waals surface area contributed by atoms with Gasteiger partial charge in [-0.1, -0.05) is 26.0 Å². The summed E-state index contributed by atoms with van der Waals surface area (Å²) in [4.78, 5) is 15.3. The fourth-order valence-electron chi connectivity index (χ4n) is 1.72. The third-order valence-corrected chi connectivity index (χ3v) is 3.11. The molecule has 0 aliphatic rings. The molecule has 5 heteroatoms. The van der Waals surface area contributed by atoms with Gasteiger partial charge in [0.1, 0.15) is 5.75 Å². The number of hydrogen-bond donors (Lipinski definition) is 2. The normalized spacial score (nSPS) is 13.7. The summed E-state index contributed by atoms with van der Waals surface area (Å²) in [7, 11) is 0. The van der Waals surface area contributed by atoms with Gasteiger partial charge in [0.2, 0.25) is 11.8 Å². The molecule has 124 valence electrons. The lowest BCUT2D eigenvalue weighted by Gasteiger charge is -2.10. The zero-order chi connectivity index (χ0) is 17.4. The van der Waals surface area contributed by atoms with Crippen molar-refractivity contribution in [1.82, 2.24) is 5.32 Å². The molecule has 0 saturated carbocycles. The molecule has 1 unspecified atom stereocenters. The van der Waals surface area contributed by atoms with Crippen molar-refractivity contribution in [2.24, 2.45) is 10.7 Å². The first-order chi connectivity index (χ1) is 10.8. The molecule has 1 aromatic rings. The average Bonchev–Trinajstić information content (AvgIpc) is 2.51. The van der Waals surface area contributed by atoms with Crippen molar-refractivity contribution in [1.29, 1.82) is 0 Å². The van der Waals surface area contributed by atoms with E-state index in [1.165, 1.54) is 5.56 Å². The number of rotatable bonds is 7. The molecule has 1 rings (SSSR count). The Balaban J connectivity index is 2.82. The van der Waals surface area contributed by atoms with E-state index in [0.717, 1.165) is 0 Å². The van der Waals surface area contributed by atoms with Gasteiger partial charge in [0.15, 0.2) is 0 Å². The first kappa shape index (κ1) is 18.6. The minimum atomic E-state index is -0.561. The average molecular weight is 315 g/mol. The van der Waals surface area contributed by atoms with Crippen molar-refractivity contribution < 1.29 is 9.53 Å². The van der Waals surface area contributed by atoms with Gasteiger partial charge in [-0.05, 0) is 50.3 Å². The summed E-state index contributed by atoms with van der Waals surface area (Å²) in [6, 6.07) is 7.26. The molecular formula is C18H25N3O2. The smallest absolute Gasteiger partial charge is 0.240 e. The Morgan fingerprint density at radius 2 is 2.04 bits per heavy atom. The highest BCUT2D eigenvalue weighted by molar-refractivity contribution is 5.82. The number of aliphatic imine (C=N–C) groups is 1. The molecule has 0 spiro atoms. The van der Waals surface area contributed by atoms with Gasteiger partial charge in [0.25, 0.3) is 0 Å². The first-order valence-electron chi connectivity index (χ1n) is 7.53. The molecule has 0 aliphatic heterocycles. The quantitative estimate of drug-likeness (QED) is 0.461. The molecule has 0 saturated heterocycles. The SMILES string of the molecule is C=NC(=CC=C(C)NC(=O)C(C)N)Oc1cccc(C(C)C)c1. The molecule has 23 heavy (non-hydrogen) atoms. The molecule has 0 aliphatic carbocycles. The summed E-state index contributed by atoms with van der Waals surface area (Å²) < 4.78 is 5.71. The first-order valence-corrected chi connectivity index (χ1v) is 7.53. The third-order valence-electron chi connectivity index (χ3n) is 3.11. The number of ether oxygens (including phenoxy) is 1. The van der Waals surface area contributed by atoms with E-state index in [1.807, 2.05) is 18.2 Å². The second-order valence-corrected chi connectivity index (χ2v) is 5.62. The summed E-state index contributed by atoms with van der Waals surface area (Å²) in [6.07, 6.45) is 3.34. The van der Waals surface area contributed by atoms with Crippen LogP contribution in [0.1, 0.15) is 39.2 Å². The van der Waals surface area contributed by atoms with Crippen LogP contribution in [-0.4, -0.2) is 18.7 Å². The molecule has 0 fully saturated rings. The molecule has 0 radical (unpaired) electrons. The summed E-state index contributed by atoms with van der Waals surface area (Å²) in [5.74, 6) is 1.21. The molecule has 0 aromatic heterocycles. The van der Waals surface area contributed by atoms with Crippen molar-refractivity contribution in [2.75, 3.05) is 0 Å². The van der Waals surface area contributed by atoms with Crippen LogP contribution >= 0.6 is 0 Å². The predicted molar refractivity (Wildman–Crippen MR) is 94.3 cm³/mol. The van der Waals surface area contributed by atoms with Crippen molar-refractivity contribution in [2.45, 2.75) is 39.7 Å². The van der Waals surface area contributed by atoms with Crippen LogP contribution in [0.15, 0.2) is 53.0 Å². The number of allylic oxidation sites excluding steroid dienone is 3. The molecule has 3 N–H and O–H groups in total. The Morgan fingerprint density at radius 3 is 2.61 bits per heavy atom. The van der Waals surface area contributed by atoms with Gasteiger partial charge in [-0.25, -0.2) is 4.99 Å². The summed E-state index contributed by atoms with van der Waals surface area (Å²) >= 11 is 0. The van der Waals surface area contributed by atoms with E-state index in [4.69, 9.17) is 10.5 Å². The Bertz CT molecular complexity index is 616. The van der Waals surface area contributed by atoms with Crippen molar-refractivity contribution >= 4 is 12.6 Å². The van der Waals surface area contributed by atoms with Gasteiger partial charge in [0.05, 0.1) is 6.04 Å². The van der Waals surface area contributed by atoms with Crippen molar-refractivity contribution in [3.63, 3.8) is 0 Å². The monoisotopic (exact) mass is 315 g/mol. The van der Waals surface area contributed by atoms with E-state index in [1.54, 1.807) is 26.0 Å². The van der Waals surface area contributed by atoms with Crippen molar-refractivity contribution in [3.05, 3.63) is 53.6 Å². The van der Waals surface area contributed by atoms with Crippen LogP contribution in [0.3, 0.4) is 0 Å². The second-order valence-electron chi connectivity index (χ2n) is 5.62. The fraction of sp³-hybridized carbons (Fsp3) is 0.333. The maximum Gasteiger partial charge on any atom is 0.240 e. The number of carbonyl (C=O) groups is 1.